The molecular weight excluding hydrogens is 308 g/mol. The molecule has 3 nitrogen and oxygen atoms in total. The first kappa shape index (κ1) is 17.4. The Hall–Kier alpha value is -1.06. The van der Waals surface area contributed by atoms with Crippen LogP contribution < -0.4 is 4.74 Å². The number of hydrogen-bond acceptors (Lipinski definition) is 3. The lowest BCUT2D eigenvalue weighted by Gasteiger charge is -2.29. The van der Waals surface area contributed by atoms with Gasteiger partial charge >= 0.3 is 0 Å². The largest absolute Gasteiger partial charge is 0.492 e. The normalized spacial score (nSPS) is 25.0. The molecule has 2 heterocycles. The van der Waals surface area contributed by atoms with Crippen LogP contribution in [0.4, 0.5) is 0 Å². The summed E-state index contributed by atoms with van der Waals surface area (Å²) < 4.78 is 6.06. The van der Waals surface area contributed by atoms with Gasteiger partial charge in [-0.2, -0.15) is 0 Å². The summed E-state index contributed by atoms with van der Waals surface area (Å²) in [5, 5.41) is 0. The van der Waals surface area contributed by atoms with Crippen LogP contribution in [0.25, 0.3) is 0 Å². The summed E-state index contributed by atoms with van der Waals surface area (Å²) >= 11 is 0. The minimum Gasteiger partial charge on any atom is -0.492 e. The minimum atomic E-state index is 0.830. The van der Waals surface area contributed by atoms with E-state index in [1.54, 1.807) is 5.56 Å². The molecular formula is C22H34N2O. The van der Waals surface area contributed by atoms with Gasteiger partial charge in [0.15, 0.2) is 0 Å². The van der Waals surface area contributed by atoms with Crippen LogP contribution >= 0.6 is 0 Å². The molecule has 2 saturated heterocycles. The Labute approximate surface area is 153 Å². The van der Waals surface area contributed by atoms with Crippen molar-refractivity contribution in [3.8, 4) is 5.75 Å². The highest BCUT2D eigenvalue weighted by atomic mass is 16.5. The maximum atomic E-state index is 6.06. The summed E-state index contributed by atoms with van der Waals surface area (Å²) in [5.74, 6) is 1.94. The second-order valence-electron chi connectivity index (χ2n) is 8.30. The number of rotatable bonds is 6. The van der Waals surface area contributed by atoms with Gasteiger partial charge in [0.2, 0.25) is 0 Å². The molecule has 0 radical (unpaired) electrons. The van der Waals surface area contributed by atoms with Crippen molar-refractivity contribution in [2.75, 3.05) is 45.9 Å². The van der Waals surface area contributed by atoms with Gasteiger partial charge in [-0.3, -0.25) is 4.90 Å². The zero-order valence-electron chi connectivity index (χ0n) is 15.7. The Morgan fingerprint density at radius 2 is 1.64 bits per heavy atom. The molecule has 2 fully saturated rings. The van der Waals surface area contributed by atoms with Gasteiger partial charge in [0, 0.05) is 13.1 Å². The molecule has 138 valence electrons. The molecule has 1 aromatic rings. The quantitative estimate of drug-likeness (QED) is 0.783. The lowest BCUT2D eigenvalue weighted by molar-refractivity contribution is 0.183. The van der Waals surface area contributed by atoms with Crippen molar-refractivity contribution in [1.82, 2.24) is 9.80 Å². The zero-order chi connectivity index (χ0) is 16.9. The van der Waals surface area contributed by atoms with Crippen LogP contribution in [0, 0.1) is 5.92 Å². The smallest absolute Gasteiger partial charge is 0.119 e. The molecule has 0 saturated carbocycles. The van der Waals surface area contributed by atoms with E-state index in [1.165, 1.54) is 89.7 Å². The van der Waals surface area contributed by atoms with Gasteiger partial charge in [-0.15, -0.1) is 0 Å². The third-order valence-electron chi connectivity index (χ3n) is 6.35. The summed E-state index contributed by atoms with van der Waals surface area (Å²) in [7, 11) is 0. The third-order valence-corrected chi connectivity index (χ3v) is 6.35. The highest BCUT2D eigenvalue weighted by Gasteiger charge is 2.22. The van der Waals surface area contributed by atoms with Crippen molar-refractivity contribution in [1.29, 1.82) is 0 Å². The van der Waals surface area contributed by atoms with E-state index in [0.717, 1.165) is 24.8 Å². The molecule has 0 aromatic heterocycles. The summed E-state index contributed by atoms with van der Waals surface area (Å²) in [6.07, 6.45) is 10.8. The molecule has 25 heavy (non-hydrogen) atoms. The average Bonchev–Trinajstić information content (AvgIpc) is 3.16. The maximum Gasteiger partial charge on any atom is 0.119 e. The predicted octanol–water partition coefficient (Wildman–Crippen LogP) is 3.75. The molecule has 0 bridgehead atoms. The molecule has 1 aliphatic carbocycles. The van der Waals surface area contributed by atoms with E-state index in [0.29, 0.717) is 0 Å². The molecule has 0 spiro atoms. The van der Waals surface area contributed by atoms with Crippen molar-refractivity contribution in [3.05, 3.63) is 29.3 Å². The lowest BCUT2D eigenvalue weighted by Crippen LogP contribution is -2.33. The van der Waals surface area contributed by atoms with Crippen LogP contribution in [-0.4, -0.2) is 55.7 Å². The van der Waals surface area contributed by atoms with Gasteiger partial charge in [0.25, 0.3) is 0 Å². The number of likely N-dealkylation sites (tertiary alicyclic amines) is 2. The fraction of sp³-hybridized carbons (Fsp3) is 0.727. The summed E-state index contributed by atoms with van der Waals surface area (Å²) in [4.78, 5) is 5.22. The summed E-state index contributed by atoms with van der Waals surface area (Å²) in [6.45, 7) is 8.39. The van der Waals surface area contributed by atoms with Crippen LogP contribution in [-0.2, 0) is 12.8 Å². The fourth-order valence-electron chi connectivity index (χ4n) is 4.86. The maximum absolute atomic E-state index is 6.06. The number of fused-ring (bicyclic) bond motifs is 1. The van der Waals surface area contributed by atoms with E-state index in [-0.39, 0.29) is 0 Å². The first-order chi connectivity index (χ1) is 12.4. The van der Waals surface area contributed by atoms with E-state index in [1.807, 2.05) is 0 Å². The van der Waals surface area contributed by atoms with Crippen molar-refractivity contribution in [2.45, 2.75) is 51.4 Å². The van der Waals surface area contributed by atoms with E-state index >= 15 is 0 Å². The summed E-state index contributed by atoms with van der Waals surface area (Å²) in [5.41, 5.74) is 3.10. The van der Waals surface area contributed by atoms with Crippen molar-refractivity contribution < 1.29 is 4.74 Å². The summed E-state index contributed by atoms with van der Waals surface area (Å²) in [6, 6.07) is 6.85. The molecule has 3 aliphatic rings. The predicted molar refractivity (Wildman–Crippen MR) is 103 cm³/mol. The van der Waals surface area contributed by atoms with Gasteiger partial charge in [0.1, 0.15) is 12.4 Å². The van der Waals surface area contributed by atoms with Crippen LogP contribution in [0.15, 0.2) is 18.2 Å². The number of ether oxygens (including phenoxy) is 1. The Morgan fingerprint density at radius 3 is 2.48 bits per heavy atom. The van der Waals surface area contributed by atoms with E-state index in [2.05, 4.69) is 28.0 Å². The first-order valence-corrected chi connectivity index (χ1v) is 10.6. The standard InChI is InChI=1S/C22H34N2O/c1-2-10-23(11-3-1)14-15-25-22-9-8-20-16-19(6-7-21(20)17-22)18-24-12-4-5-13-24/h8-9,17,19H,1-7,10-16,18H2. The molecule has 0 N–H and O–H groups in total. The second kappa shape index (κ2) is 8.55. The van der Waals surface area contributed by atoms with Crippen molar-refractivity contribution >= 4 is 0 Å². The van der Waals surface area contributed by atoms with E-state index in [9.17, 15) is 0 Å². The Bertz CT molecular complexity index is 547. The number of hydrogen-bond donors (Lipinski definition) is 0. The fourth-order valence-corrected chi connectivity index (χ4v) is 4.86. The molecule has 0 amide bonds. The monoisotopic (exact) mass is 342 g/mol. The molecule has 1 aromatic carbocycles. The van der Waals surface area contributed by atoms with E-state index < -0.39 is 0 Å². The Balaban J connectivity index is 1.26. The number of nitrogens with zero attached hydrogens (tertiary/aromatic N) is 2. The van der Waals surface area contributed by atoms with Crippen molar-refractivity contribution in [2.24, 2.45) is 5.92 Å². The first-order valence-electron chi connectivity index (χ1n) is 10.6. The Kier molecular flexibility index (Phi) is 5.94. The topological polar surface area (TPSA) is 15.7 Å². The van der Waals surface area contributed by atoms with E-state index in [4.69, 9.17) is 4.74 Å². The number of piperidine rings is 1. The molecule has 1 atom stereocenters. The van der Waals surface area contributed by atoms with Crippen molar-refractivity contribution in [3.63, 3.8) is 0 Å². The van der Waals surface area contributed by atoms with Crippen LogP contribution in [0.1, 0.15) is 49.7 Å². The second-order valence-corrected chi connectivity index (χ2v) is 8.30. The lowest BCUT2D eigenvalue weighted by atomic mass is 9.83. The highest BCUT2D eigenvalue weighted by molar-refractivity contribution is 5.37. The molecule has 3 heteroatoms. The number of benzene rings is 1. The third kappa shape index (κ3) is 4.77. The molecule has 2 aliphatic heterocycles. The van der Waals surface area contributed by atoms with Gasteiger partial charge in [-0.1, -0.05) is 12.5 Å². The van der Waals surface area contributed by atoms with Gasteiger partial charge < -0.3 is 9.64 Å². The molecule has 1 unspecified atom stereocenters. The molecule has 4 rings (SSSR count). The van der Waals surface area contributed by atoms with Crippen LogP contribution in [0.2, 0.25) is 0 Å². The SMILES string of the molecule is c1cc2c(cc1OCCN1CCCCC1)CCC(CN1CCCC1)C2. The van der Waals surface area contributed by atoms with Gasteiger partial charge in [-0.25, -0.2) is 0 Å². The zero-order valence-corrected chi connectivity index (χ0v) is 15.7. The highest BCUT2D eigenvalue weighted by Crippen LogP contribution is 2.29. The van der Waals surface area contributed by atoms with Crippen LogP contribution in [0.3, 0.4) is 0 Å². The number of aryl methyl sites for hydroxylation is 1. The van der Waals surface area contributed by atoms with Gasteiger partial charge in [0.05, 0.1) is 0 Å². The van der Waals surface area contributed by atoms with Gasteiger partial charge in [-0.05, 0) is 100 Å². The minimum absolute atomic E-state index is 0.830. The van der Waals surface area contributed by atoms with Crippen LogP contribution in [0.5, 0.6) is 5.75 Å². The Morgan fingerprint density at radius 1 is 0.880 bits per heavy atom. The average molecular weight is 343 g/mol.